The lowest BCUT2D eigenvalue weighted by Gasteiger charge is -2.30. The van der Waals surface area contributed by atoms with Crippen LogP contribution in [0.3, 0.4) is 0 Å². The first-order valence-electron chi connectivity index (χ1n) is 8.07. The maximum Gasteiger partial charge on any atom is 0.255 e. The number of carbonyl (C=O) groups excluding carboxylic acids is 1. The number of nitrogens with zero attached hydrogens (tertiary/aromatic N) is 3. The van der Waals surface area contributed by atoms with Crippen molar-refractivity contribution in [2.75, 3.05) is 23.3 Å². The van der Waals surface area contributed by atoms with Crippen molar-refractivity contribution in [3.63, 3.8) is 0 Å². The van der Waals surface area contributed by atoms with Crippen molar-refractivity contribution in [1.82, 2.24) is 9.97 Å². The molecule has 1 aliphatic heterocycles. The summed E-state index contributed by atoms with van der Waals surface area (Å²) in [6, 6.07) is 7.47. The summed E-state index contributed by atoms with van der Waals surface area (Å²) < 4.78 is 0. The maximum atomic E-state index is 12.2. The van der Waals surface area contributed by atoms with Crippen molar-refractivity contribution < 1.29 is 4.79 Å². The number of anilines is 2. The Labute approximate surface area is 136 Å². The van der Waals surface area contributed by atoms with E-state index in [1.54, 1.807) is 12.4 Å². The Kier molecular flexibility index (Phi) is 4.55. The molecule has 1 saturated heterocycles. The summed E-state index contributed by atoms with van der Waals surface area (Å²) in [5.41, 5.74) is 2.37. The minimum Gasteiger partial charge on any atom is -0.341 e. The van der Waals surface area contributed by atoms with E-state index in [0.29, 0.717) is 11.3 Å². The summed E-state index contributed by atoms with van der Waals surface area (Å²) in [6.07, 6.45) is 5.70. The number of piperidine rings is 1. The van der Waals surface area contributed by atoms with Crippen LogP contribution < -0.4 is 10.2 Å². The SMILES string of the molecule is Cc1ccc(C(=O)Nc2cnc(N3CCC(C)CC3)nc2)cc1. The molecule has 5 nitrogen and oxygen atoms in total. The lowest BCUT2D eigenvalue weighted by molar-refractivity contribution is 0.102. The lowest BCUT2D eigenvalue weighted by atomic mass is 10.00. The van der Waals surface area contributed by atoms with Crippen LogP contribution >= 0.6 is 0 Å². The van der Waals surface area contributed by atoms with Crippen molar-refractivity contribution in [2.24, 2.45) is 5.92 Å². The molecular formula is C18H22N4O. The Hall–Kier alpha value is -2.43. The van der Waals surface area contributed by atoms with E-state index in [9.17, 15) is 4.79 Å². The molecule has 0 bridgehead atoms. The van der Waals surface area contributed by atoms with Gasteiger partial charge < -0.3 is 10.2 Å². The first-order valence-corrected chi connectivity index (χ1v) is 8.07. The molecule has 0 aliphatic carbocycles. The van der Waals surface area contributed by atoms with Crippen molar-refractivity contribution in [3.8, 4) is 0 Å². The highest BCUT2D eigenvalue weighted by Crippen LogP contribution is 2.20. The van der Waals surface area contributed by atoms with Gasteiger partial charge in [0, 0.05) is 18.7 Å². The summed E-state index contributed by atoms with van der Waals surface area (Å²) in [7, 11) is 0. The van der Waals surface area contributed by atoms with Crippen LogP contribution in [0.4, 0.5) is 11.6 Å². The highest BCUT2D eigenvalue weighted by molar-refractivity contribution is 6.04. The quantitative estimate of drug-likeness (QED) is 0.945. The molecule has 1 aromatic heterocycles. The molecule has 3 rings (SSSR count). The zero-order valence-electron chi connectivity index (χ0n) is 13.6. The molecule has 1 aliphatic rings. The number of hydrogen-bond acceptors (Lipinski definition) is 4. The molecule has 0 unspecified atom stereocenters. The van der Waals surface area contributed by atoms with E-state index in [1.807, 2.05) is 31.2 Å². The van der Waals surface area contributed by atoms with Crippen LogP contribution in [0.15, 0.2) is 36.7 Å². The Morgan fingerprint density at radius 3 is 2.35 bits per heavy atom. The molecule has 1 aromatic carbocycles. The van der Waals surface area contributed by atoms with Crippen molar-refractivity contribution in [3.05, 3.63) is 47.8 Å². The molecule has 2 aromatic rings. The first-order chi connectivity index (χ1) is 11.1. The van der Waals surface area contributed by atoms with Crippen molar-refractivity contribution in [2.45, 2.75) is 26.7 Å². The van der Waals surface area contributed by atoms with E-state index in [4.69, 9.17) is 0 Å². The smallest absolute Gasteiger partial charge is 0.255 e. The molecule has 23 heavy (non-hydrogen) atoms. The predicted octanol–water partition coefficient (Wildman–Crippen LogP) is 3.27. The lowest BCUT2D eigenvalue weighted by Crippen LogP contribution is -2.34. The topological polar surface area (TPSA) is 58.1 Å². The summed E-state index contributed by atoms with van der Waals surface area (Å²) in [5, 5.41) is 2.83. The van der Waals surface area contributed by atoms with E-state index in [-0.39, 0.29) is 5.91 Å². The van der Waals surface area contributed by atoms with E-state index in [2.05, 4.69) is 27.1 Å². The standard InChI is InChI=1S/C18H22N4O/c1-13-3-5-15(6-4-13)17(23)21-16-11-19-18(20-12-16)22-9-7-14(2)8-10-22/h3-6,11-12,14H,7-10H2,1-2H3,(H,21,23). The van der Waals surface area contributed by atoms with E-state index >= 15 is 0 Å². The molecule has 1 amide bonds. The van der Waals surface area contributed by atoms with Gasteiger partial charge in [-0.2, -0.15) is 0 Å². The normalized spacial score (nSPS) is 15.5. The number of rotatable bonds is 3. The summed E-state index contributed by atoms with van der Waals surface area (Å²) in [5.74, 6) is 1.37. The van der Waals surface area contributed by atoms with Gasteiger partial charge in [0.2, 0.25) is 5.95 Å². The fourth-order valence-corrected chi connectivity index (χ4v) is 2.67. The van der Waals surface area contributed by atoms with Crippen LogP contribution in [-0.2, 0) is 0 Å². The molecule has 0 radical (unpaired) electrons. The summed E-state index contributed by atoms with van der Waals surface area (Å²) >= 11 is 0. The van der Waals surface area contributed by atoms with Gasteiger partial charge in [-0.1, -0.05) is 24.6 Å². The molecular weight excluding hydrogens is 288 g/mol. The minimum absolute atomic E-state index is 0.145. The molecule has 0 atom stereocenters. The summed E-state index contributed by atoms with van der Waals surface area (Å²) in [6.45, 7) is 6.27. The minimum atomic E-state index is -0.145. The van der Waals surface area contributed by atoms with Crippen LogP contribution in [0, 0.1) is 12.8 Å². The van der Waals surface area contributed by atoms with E-state index < -0.39 is 0 Å². The van der Waals surface area contributed by atoms with E-state index in [1.165, 1.54) is 12.8 Å². The van der Waals surface area contributed by atoms with Crippen LogP contribution in [0.2, 0.25) is 0 Å². The Morgan fingerprint density at radius 1 is 1.13 bits per heavy atom. The highest BCUT2D eigenvalue weighted by atomic mass is 16.1. The van der Waals surface area contributed by atoms with Crippen LogP contribution in [0.1, 0.15) is 35.7 Å². The fraction of sp³-hybridized carbons (Fsp3) is 0.389. The largest absolute Gasteiger partial charge is 0.341 e. The highest BCUT2D eigenvalue weighted by Gasteiger charge is 2.17. The Balaban J connectivity index is 1.63. The van der Waals surface area contributed by atoms with Gasteiger partial charge in [-0.25, -0.2) is 9.97 Å². The number of nitrogens with one attached hydrogen (secondary N) is 1. The fourth-order valence-electron chi connectivity index (χ4n) is 2.67. The average molecular weight is 310 g/mol. The molecule has 0 saturated carbocycles. The zero-order valence-corrected chi connectivity index (χ0v) is 13.6. The molecule has 1 fully saturated rings. The number of hydrogen-bond donors (Lipinski definition) is 1. The monoisotopic (exact) mass is 310 g/mol. The number of aryl methyl sites for hydroxylation is 1. The Bertz CT molecular complexity index is 658. The number of aromatic nitrogens is 2. The van der Waals surface area contributed by atoms with Crippen molar-refractivity contribution in [1.29, 1.82) is 0 Å². The van der Waals surface area contributed by atoms with Gasteiger partial charge in [-0.15, -0.1) is 0 Å². The maximum absolute atomic E-state index is 12.2. The van der Waals surface area contributed by atoms with Gasteiger partial charge in [0.05, 0.1) is 18.1 Å². The molecule has 1 N–H and O–H groups in total. The zero-order chi connectivity index (χ0) is 16.2. The number of carbonyl (C=O) groups is 1. The van der Waals surface area contributed by atoms with Crippen LogP contribution in [-0.4, -0.2) is 29.0 Å². The van der Waals surface area contributed by atoms with Crippen molar-refractivity contribution >= 4 is 17.5 Å². The third-order valence-corrected chi connectivity index (χ3v) is 4.28. The first kappa shape index (κ1) is 15.5. The second-order valence-corrected chi connectivity index (χ2v) is 6.26. The second kappa shape index (κ2) is 6.77. The van der Waals surface area contributed by atoms with Gasteiger partial charge in [0.25, 0.3) is 5.91 Å². The predicted molar refractivity (Wildman–Crippen MR) is 91.8 cm³/mol. The molecule has 5 heteroatoms. The molecule has 0 spiro atoms. The third-order valence-electron chi connectivity index (χ3n) is 4.28. The average Bonchev–Trinajstić information content (AvgIpc) is 2.57. The van der Waals surface area contributed by atoms with Gasteiger partial charge >= 0.3 is 0 Å². The second-order valence-electron chi connectivity index (χ2n) is 6.26. The van der Waals surface area contributed by atoms with E-state index in [0.717, 1.165) is 30.5 Å². The Morgan fingerprint density at radius 2 is 1.74 bits per heavy atom. The third kappa shape index (κ3) is 3.86. The number of amides is 1. The van der Waals surface area contributed by atoms with Gasteiger partial charge in [0.15, 0.2) is 0 Å². The summed E-state index contributed by atoms with van der Waals surface area (Å²) in [4.78, 5) is 23.1. The number of benzene rings is 1. The van der Waals surface area contributed by atoms with Gasteiger partial charge in [0.1, 0.15) is 0 Å². The van der Waals surface area contributed by atoms with Crippen LogP contribution in [0.25, 0.3) is 0 Å². The molecule has 2 heterocycles. The molecule has 120 valence electrons. The van der Waals surface area contributed by atoms with Crippen LogP contribution in [0.5, 0.6) is 0 Å². The van der Waals surface area contributed by atoms with Gasteiger partial charge in [-0.3, -0.25) is 4.79 Å². The van der Waals surface area contributed by atoms with Gasteiger partial charge in [-0.05, 0) is 37.8 Å².